The lowest BCUT2D eigenvalue weighted by atomic mass is 9.33. The molecule has 43 heavy (non-hydrogen) atoms. The Morgan fingerprint density at radius 2 is 0.884 bits per heavy atom. The Morgan fingerprint density at radius 3 is 1.63 bits per heavy atom. The molecule has 0 unspecified atom stereocenters. The number of anilines is 6. The highest BCUT2D eigenvalue weighted by atomic mass is 15.2. The van der Waals surface area contributed by atoms with Crippen molar-refractivity contribution in [3.05, 3.63) is 164 Å². The molecule has 0 amide bonds. The van der Waals surface area contributed by atoms with Crippen LogP contribution < -0.4 is 26.2 Å². The molecule has 0 aliphatic carbocycles. The molecule has 0 atom stereocenters. The van der Waals surface area contributed by atoms with E-state index in [0.29, 0.717) is 0 Å². The fourth-order valence-corrected chi connectivity index (χ4v) is 7.16. The Kier molecular flexibility index (Phi) is 5.33. The van der Waals surface area contributed by atoms with Crippen molar-refractivity contribution in [3.8, 4) is 11.1 Å². The van der Waals surface area contributed by atoms with Gasteiger partial charge in [-0.3, -0.25) is 0 Å². The molecule has 0 bridgehead atoms. The highest BCUT2D eigenvalue weighted by molar-refractivity contribution is 7.00. The summed E-state index contributed by atoms with van der Waals surface area (Å²) >= 11 is 0. The van der Waals surface area contributed by atoms with Gasteiger partial charge in [0, 0.05) is 34.1 Å². The Bertz CT molecular complexity index is 2170. The summed E-state index contributed by atoms with van der Waals surface area (Å²) in [5.74, 6) is 0. The average Bonchev–Trinajstić information content (AvgIpc) is 3.08. The Balaban J connectivity index is 1.27. The van der Waals surface area contributed by atoms with Crippen molar-refractivity contribution in [2.24, 2.45) is 0 Å². The third-order valence-corrected chi connectivity index (χ3v) is 9.01. The van der Waals surface area contributed by atoms with Gasteiger partial charge in [-0.15, -0.1) is 0 Å². The van der Waals surface area contributed by atoms with Crippen molar-refractivity contribution in [1.82, 2.24) is 0 Å². The fraction of sp³-hybridized carbons (Fsp3) is 0. The van der Waals surface area contributed by atoms with E-state index in [1.165, 1.54) is 66.7 Å². The Morgan fingerprint density at radius 1 is 0.349 bits per heavy atom. The summed E-state index contributed by atoms with van der Waals surface area (Å²) in [5.41, 5.74) is 13.7. The maximum absolute atomic E-state index is 2.46. The Labute approximate surface area is 252 Å². The number of fused-ring (bicyclic) bond motifs is 5. The highest BCUT2D eigenvalue weighted by Crippen LogP contribution is 2.44. The van der Waals surface area contributed by atoms with Crippen molar-refractivity contribution in [3.63, 3.8) is 0 Å². The van der Waals surface area contributed by atoms with Gasteiger partial charge >= 0.3 is 0 Å². The van der Waals surface area contributed by atoms with E-state index in [2.05, 4.69) is 174 Å². The molecule has 7 aromatic carbocycles. The van der Waals surface area contributed by atoms with Crippen LogP contribution in [0.4, 0.5) is 34.1 Å². The molecule has 0 radical (unpaired) electrons. The molecule has 2 nitrogen and oxygen atoms in total. The first kappa shape index (κ1) is 24.1. The summed E-state index contributed by atoms with van der Waals surface area (Å²) in [5, 5.41) is 2.52. The van der Waals surface area contributed by atoms with Crippen LogP contribution in [-0.2, 0) is 0 Å². The van der Waals surface area contributed by atoms with Gasteiger partial charge in [0.15, 0.2) is 0 Å². The lowest BCUT2D eigenvalue weighted by molar-refractivity contribution is 1.25. The van der Waals surface area contributed by atoms with Crippen molar-refractivity contribution in [2.75, 3.05) is 9.80 Å². The van der Waals surface area contributed by atoms with E-state index in [0.717, 1.165) is 5.69 Å². The summed E-state index contributed by atoms with van der Waals surface area (Å²) in [7, 11) is 0. The fourth-order valence-electron chi connectivity index (χ4n) is 7.16. The standard InChI is InChI=1S/C40H27BN2/c1-2-15-32(16-3-1)42-36-20-8-6-18-34(36)41-35-19-7-9-21-37(35)43(39-23-11-22-38(42)40(39)41)33-17-10-14-30(27-33)31-25-24-28-12-4-5-13-29(28)26-31/h1-27H. The van der Waals surface area contributed by atoms with Crippen LogP contribution in [0.2, 0.25) is 0 Å². The summed E-state index contributed by atoms with van der Waals surface area (Å²) in [6.07, 6.45) is 0. The predicted molar refractivity (Wildman–Crippen MR) is 183 cm³/mol. The van der Waals surface area contributed by atoms with E-state index < -0.39 is 0 Å². The van der Waals surface area contributed by atoms with Gasteiger partial charge in [0.2, 0.25) is 0 Å². The molecule has 0 aromatic heterocycles. The molecule has 9 rings (SSSR count). The lowest BCUT2D eigenvalue weighted by Crippen LogP contribution is -2.61. The normalized spacial score (nSPS) is 13.0. The molecule has 0 spiro atoms. The molecule has 0 fully saturated rings. The minimum absolute atomic E-state index is 0.151. The van der Waals surface area contributed by atoms with Crippen LogP contribution in [0.1, 0.15) is 0 Å². The van der Waals surface area contributed by atoms with Crippen LogP contribution >= 0.6 is 0 Å². The number of rotatable bonds is 3. The predicted octanol–water partition coefficient (Wildman–Crippen LogP) is 8.59. The summed E-state index contributed by atoms with van der Waals surface area (Å²) in [6, 6.07) is 59.7. The molecular weight excluding hydrogens is 519 g/mol. The second-order valence-corrected chi connectivity index (χ2v) is 11.4. The van der Waals surface area contributed by atoms with Crippen LogP contribution in [0.5, 0.6) is 0 Å². The van der Waals surface area contributed by atoms with Crippen LogP contribution in [0, 0.1) is 0 Å². The number of hydrogen-bond donors (Lipinski definition) is 0. The maximum atomic E-state index is 2.46. The zero-order valence-corrected chi connectivity index (χ0v) is 23.6. The molecule has 3 heteroatoms. The van der Waals surface area contributed by atoms with Gasteiger partial charge in [-0.2, -0.15) is 0 Å². The zero-order chi connectivity index (χ0) is 28.3. The van der Waals surface area contributed by atoms with E-state index in [9.17, 15) is 0 Å². The zero-order valence-electron chi connectivity index (χ0n) is 23.6. The minimum atomic E-state index is 0.151. The topological polar surface area (TPSA) is 6.48 Å². The molecule has 0 saturated heterocycles. The van der Waals surface area contributed by atoms with Gasteiger partial charge < -0.3 is 9.80 Å². The van der Waals surface area contributed by atoms with E-state index >= 15 is 0 Å². The van der Waals surface area contributed by atoms with Gasteiger partial charge in [-0.25, -0.2) is 0 Å². The lowest BCUT2D eigenvalue weighted by Gasteiger charge is -2.44. The number of nitrogens with zero attached hydrogens (tertiary/aromatic N) is 2. The molecule has 7 aromatic rings. The van der Waals surface area contributed by atoms with Crippen LogP contribution in [0.15, 0.2) is 164 Å². The largest absolute Gasteiger partial charge is 0.311 e. The molecule has 2 heterocycles. The summed E-state index contributed by atoms with van der Waals surface area (Å²) in [4.78, 5) is 4.90. The van der Waals surface area contributed by atoms with Crippen molar-refractivity contribution in [1.29, 1.82) is 0 Å². The Hall–Kier alpha value is -5.54. The van der Waals surface area contributed by atoms with Crippen molar-refractivity contribution in [2.45, 2.75) is 0 Å². The third kappa shape index (κ3) is 3.68. The SMILES string of the molecule is c1ccc(N2c3ccccc3B3c4ccccc4N(c4cccc(-c5ccc6ccccc6c5)c4)c4cccc2c43)cc1. The highest BCUT2D eigenvalue weighted by Gasteiger charge is 2.42. The summed E-state index contributed by atoms with van der Waals surface area (Å²) in [6.45, 7) is 0.151. The molecule has 200 valence electrons. The van der Waals surface area contributed by atoms with Gasteiger partial charge in [0.1, 0.15) is 0 Å². The van der Waals surface area contributed by atoms with Crippen molar-refractivity contribution < 1.29 is 0 Å². The quantitative estimate of drug-likeness (QED) is 0.205. The number of benzene rings is 7. The molecule has 2 aliphatic rings. The van der Waals surface area contributed by atoms with Crippen LogP contribution in [-0.4, -0.2) is 6.71 Å². The molecular formula is C40H27BN2. The maximum Gasteiger partial charge on any atom is 0.252 e. The van der Waals surface area contributed by atoms with Crippen LogP contribution in [0.3, 0.4) is 0 Å². The first-order valence-electron chi connectivity index (χ1n) is 14.9. The monoisotopic (exact) mass is 546 g/mol. The second kappa shape index (κ2) is 9.50. The number of para-hydroxylation sites is 3. The number of hydrogen-bond acceptors (Lipinski definition) is 2. The smallest absolute Gasteiger partial charge is 0.252 e. The van der Waals surface area contributed by atoms with E-state index in [-0.39, 0.29) is 6.71 Å². The molecule has 2 aliphatic heterocycles. The van der Waals surface area contributed by atoms with Gasteiger partial charge in [0.25, 0.3) is 6.71 Å². The first-order valence-corrected chi connectivity index (χ1v) is 14.9. The van der Waals surface area contributed by atoms with Crippen LogP contribution in [0.25, 0.3) is 21.9 Å². The van der Waals surface area contributed by atoms with Gasteiger partial charge in [0.05, 0.1) is 0 Å². The minimum Gasteiger partial charge on any atom is -0.311 e. The van der Waals surface area contributed by atoms with E-state index in [4.69, 9.17) is 0 Å². The average molecular weight is 546 g/mol. The van der Waals surface area contributed by atoms with E-state index in [1.807, 2.05) is 0 Å². The van der Waals surface area contributed by atoms with E-state index in [1.54, 1.807) is 0 Å². The first-order chi connectivity index (χ1) is 21.3. The molecule has 0 saturated carbocycles. The van der Waals surface area contributed by atoms with Crippen molar-refractivity contribution >= 4 is 68.0 Å². The van der Waals surface area contributed by atoms with Gasteiger partial charge in [-0.05, 0) is 92.9 Å². The second-order valence-electron chi connectivity index (χ2n) is 11.4. The third-order valence-electron chi connectivity index (χ3n) is 9.01. The molecule has 0 N–H and O–H groups in total. The van der Waals surface area contributed by atoms with Gasteiger partial charge in [-0.1, -0.05) is 109 Å². The summed E-state index contributed by atoms with van der Waals surface area (Å²) < 4.78 is 0.